The summed E-state index contributed by atoms with van der Waals surface area (Å²) in [7, 11) is -4.00. The van der Waals surface area contributed by atoms with Crippen LogP contribution in [0.2, 0.25) is 0 Å². The lowest BCUT2D eigenvalue weighted by atomic mass is 9.96. The van der Waals surface area contributed by atoms with Gasteiger partial charge in [-0.25, -0.2) is 17.9 Å². The zero-order valence-electron chi connectivity index (χ0n) is 22.0. The lowest BCUT2D eigenvalue weighted by Gasteiger charge is -2.26. The largest absolute Gasteiger partial charge is 0.454 e. The van der Waals surface area contributed by atoms with Crippen LogP contribution in [-0.4, -0.2) is 44.6 Å². The molecule has 3 aromatic rings. The normalized spacial score (nSPS) is 18.4. The first-order valence-electron chi connectivity index (χ1n) is 13.6. The highest BCUT2D eigenvalue weighted by Gasteiger charge is 2.39. The topological polar surface area (TPSA) is 114 Å². The van der Waals surface area contributed by atoms with Crippen LogP contribution < -0.4 is 19.5 Å². The maximum absolute atomic E-state index is 13.5. The molecule has 0 bridgehead atoms. The Hall–Kier alpha value is -4.05. The van der Waals surface area contributed by atoms with E-state index in [1.807, 2.05) is 41.3 Å². The fraction of sp³-hybridized carbons (Fsp3) is 0.333. The molecule has 6 rings (SSSR count). The van der Waals surface area contributed by atoms with Gasteiger partial charge in [-0.3, -0.25) is 4.79 Å². The van der Waals surface area contributed by atoms with E-state index in [-0.39, 0.29) is 29.7 Å². The van der Waals surface area contributed by atoms with Crippen molar-refractivity contribution >= 4 is 22.0 Å². The van der Waals surface area contributed by atoms with Crippen LogP contribution in [0.15, 0.2) is 71.6 Å². The maximum atomic E-state index is 13.5. The zero-order chi connectivity index (χ0) is 27.7. The van der Waals surface area contributed by atoms with Gasteiger partial charge in [-0.05, 0) is 60.2 Å². The Labute approximate surface area is 233 Å². The summed E-state index contributed by atoms with van der Waals surface area (Å²) in [4.78, 5) is 27.7. The van der Waals surface area contributed by atoms with Crippen molar-refractivity contribution in [3.05, 3.63) is 89.0 Å². The average Bonchev–Trinajstić information content (AvgIpc) is 3.53. The highest BCUT2D eigenvalue weighted by molar-refractivity contribution is 7.90. The number of urea groups is 1. The molecule has 208 valence electrons. The number of hydrogen-bond donors (Lipinski definition) is 2. The second kappa shape index (κ2) is 10.8. The summed E-state index contributed by atoms with van der Waals surface area (Å²) < 4.78 is 38.7. The Kier molecular flexibility index (Phi) is 7.10. The van der Waals surface area contributed by atoms with E-state index in [1.54, 1.807) is 18.2 Å². The molecular formula is C30H31N3O6S. The molecule has 9 nitrogen and oxygen atoms in total. The van der Waals surface area contributed by atoms with Crippen molar-refractivity contribution in [1.29, 1.82) is 0 Å². The van der Waals surface area contributed by atoms with Crippen molar-refractivity contribution in [2.75, 3.05) is 13.3 Å². The van der Waals surface area contributed by atoms with Crippen LogP contribution in [0.4, 0.5) is 4.79 Å². The highest BCUT2D eigenvalue weighted by Crippen LogP contribution is 2.45. The summed E-state index contributed by atoms with van der Waals surface area (Å²) in [5, 5.41) is 2.77. The van der Waals surface area contributed by atoms with Gasteiger partial charge in [0.25, 0.3) is 15.9 Å². The van der Waals surface area contributed by atoms with Crippen molar-refractivity contribution in [2.24, 2.45) is 0 Å². The fourth-order valence-electron chi connectivity index (χ4n) is 5.76. The monoisotopic (exact) mass is 561 g/mol. The second-order valence-corrected chi connectivity index (χ2v) is 12.1. The zero-order valence-corrected chi connectivity index (χ0v) is 22.8. The molecule has 2 N–H and O–H groups in total. The first-order chi connectivity index (χ1) is 19.4. The molecule has 10 heteroatoms. The van der Waals surface area contributed by atoms with E-state index in [4.69, 9.17) is 9.47 Å². The summed E-state index contributed by atoms with van der Waals surface area (Å²) in [6, 6.07) is 18.9. The number of ether oxygens (including phenoxy) is 2. The predicted molar refractivity (Wildman–Crippen MR) is 148 cm³/mol. The Morgan fingerprint density at radius 1 is 0.925 bits per heavy atom. The van der Waals surface area contributed by atoms with Crippen molar-refractivity contribution in [1.82, 2.24) is 14.9 Å². The number of nitrogens with zero attached hydrogens (tertiary/aromatic N) is 1. The lowest BCUT2D eigenvalue weighted by molar-refractivity contribution is 0.0751. The third-order valence-electron chi connectivity index (χ3n) is 7.80. The molecule has 3 aromatic carbocycles. The van der Waals surface area contributed by atoms with Crippen LogP contribution in [0.3, 0.4) is 0 Å². The van der Waals surface area contributed by atoms with Crippen LogP contribution in [0.1, 0.15) is 65.2 Å². The van der Waals surface area contributed by atoms with Gasteiger partial charge in [-0.15, -0.1) is 0 Å². The van der Waals surface area contributed by atoms with Crippen LogP contribution in [0.25, 0.3) is 0 Å². The third-order valence-corrected chi connectivity index (χ3v) is 9.15. The number of fused-ring (bicyclic) bond motifs is 2. The van der Waals surface area contributed by atoms with E-state index in [1.165, 1.54) is 12.1 Å². The number of carbonyl (C=O) groups excluding carboxylic acids is 2. The molecule has 3 amide bonds. The van der Waals surface area contributed by atoms with Gasteiger partial charge in [-0.1, -0.05) is 61.7 Å². The molecule has 0 radical (unpaired) electrons. The van der Waals surface area contributed by atoms with E-state index >= 15 is 0 Å². The van der Waals surface area contributed by atoms with Crippen LogP contribution in [0.5, 0.6) is 11.5 Å². The molecule has 3 aliphatic rings. The SMILES string of the molecule is O=C(NC1CCCCC1)NS(=O)(=O)c1ccc(CCN2C(=O)c3cc4c(cc3C2c2ccccc2)OCO4)cc1. The summed E-state index contributed by atoms with van der Waals surface area (Å²) in [6.45, 7) is 0.562. The Bertz CT molecular complexity index is 1520. The minimum Gasteiger partial charge on any atom is -0.454 e. The van der Waals surface area contributed by atoms with Crippen LogP contribution in [-0.2, 0) is 16.4 Å². The van der Waals surface area contributed by atoms with Crippen LogP contribution in [0, 0.1) is 0 Å². The molecule has 40 heavy (non-hydrogen) atoms. The standard InChI is InChI=1S/C30H31N3O6S/c34-29-25-18-27-26(38-19-39-27)17-24(25)28(21-7-3-1-4-8-21)33(29)16-15-20-11-13-23(14-12-20)40(36,37)32-30(35)31-22-9-5-2-6-10-22/h1,3-4,7-8,11-14,17-18,22,28H,2,5-6,9-10,15-16,19H2,(H2,31,32,35). The summed E-state index contributed by atoms with van der Waals surface area (Å²) in [5.41, 5.74) is 3.33. The van der Waals surface area contributed by atoms with Gasteiger partial charge in [0.1, 0.15) is 0 Å². The Balaban J connectivity index is 1.15. The molecule has 2 heterocycles. The van der Waals surface area contributed by atoms with Crippen molar-refractivity contribution in [2.45, 2.75) is 55.5 Å². The number of carbonyl (C=O) groups is 2. The fourth-order valence-corrected chi connectivity index (χ4v) is 6.68. The number of sulfonamides is 1. The molecule has 1 aliphatic carbocycles. The molecule has 0 saturated heterocycles. The quantitative estimate of drug-likeness (QED) is 0.438. The molecule has 1 saturated carbocycles. The van der Waals surface area contributed by atoms with E-state index in [9.17, 15) is 18.0 Å². The van der Waals surface area contributed by atoms with Crippen molar-refractivity contribution < 1.29 is 27.5 Å². The van der Waals surface area contributed by atoms with E-state index in [0.717, 1.165) is 48.8 Å². The lowest BCUT2D eigenvalue weighted by Crippen LogP contribution is -2.45. The molecule has 1 atom stereocenters. The van der Waals surface area contributed by atoms with Gasteiger partial charge >= 0.3 is 6.03 Å². The van der Waals surface area contributed by atoms with Crippen molar-refractivity contribution in [3.63, 3.8) is 0 Å². The number of rotatable bonds is 7. The molecule has 1 fully saturated rings. The number of amides is 3. The summed E-state index contributed by atoms with van der Waals surface area (Å²) >= 11 is 0. The highest BCUT2D eigenvalue weighted by atomic mass is 32.2. The minimum absolute atomic E-state index is 0.00605. The molecule has 0 spiro atoms. The molecule has 2 aliphatic heterocycles. The second-order valence-electron chi connectivity index (χ2n) is 10.4. The third kappa shape index (κ3) is 5.23. The Morgan fingerprint density at radius 2 is 1.62 bits per heavy atom. The smallest absolute Gasteiger partial charge is 0.328 e. The molecule has 0 aromatic heterocycles. The van der Waals surface area contributed by atoms with Gasteiger partial charge in [-0.2, -0.15) is 0 Å². The van der Waals surface area contributed by atoms with E-state index in [2.05, 4.69) is 10.0 Å². The summed E-state index contributed by atoms with van der Waals surface area (Å²) in [5.74, 6) is 1.11. The van der Waals surface area contributed by atoms with Gasteiger partial charge in [0.05, 0.1) is 10.9 Å². The van der Waals surface area contributed by atoms with E-state index < -0.39 is 16.1 Å². The van der Waals surface area contributed by atoms with Gasteiger partial charge < -0.3 is 19.7 Å². The summed E-state index contributed by atoms with van der Waals surface area (Å²) in [6.07, 6.45) is 5.45. The number of benzene rings is 3. The van der Waals surface area contributed by atoms with Gasteiger partial charge in [0, 0.05) is 18.2 Å². The van der Waals surface area contributed by atoms with Gasteiger partial charge in [0.15, 0.2) is 11.5 Å². The molecule has 1 unspecified atom stereocenters. The minimum atomic E-state index is -4.00. The average molecular weight is 562 g/mol. The number of hydrogen-bond acceptors (Lipinski definition) is 6. The number of nitrogens with one attached hydrogen (secondary N) is 2. The van der Waals surface area contributed by atoms with Crippen molar-refractivity contribution in [3.8, 4) is 11.5 Å². The Morgan fingerprint density at radius 3 is 2.35 bits per heavy atom. The van der Waals surface area contributed by atoms with Gasteiger partial charge in [0.2, 0.25) is 6.79 Å². The van der Waals surface area contributed by atoms with Crippen LogP contribution >= 0.6 is 0 Å². The first kappa shape index (κ1) is 26.2. The molecular weight excluding hydrogens is 530 g/mol. The predicted octanol–water partition coefficient (Wildman–Crippen LogP) is 4.52. The maximum Gasteiger partial charge on any atom is 0.328 e. The van der Waals surface area contributed by atoms with E-state index in [0.29, 0.717) is 30.0 Å². The first-order valence-corrected chi connectivity index (χ1v) is 15.1.